The molecule has 0 aliphatic carbocycles. The lowest BCUT2D eigenvalue weighted by molar-refractivity contribution is -0.493. The maximum atomic E-state index is 11.7. The Morgan fingerprint density at radius 3 is 1.34 bits per heavy atom. The highest BCUT2D eigenvalue weighted by Crippen LogP contribution is 2.42. The van der Waals surface area contributed by atoms with Crippen molar-refractivity contribution in [2.24, 2.45) is 9.98 Å². The van der Waals surface area contributed by atoms with Crippen molar-refractivity contribution in [2.45, 2.75) is 6.04 Å². The quantitative estimate of drug-likeness (QED) is 0.294. The summed E-state index contributed by atoms with van der Waals surface area (Å²) in [5.41, 5.74) is -12.0. The van der Waals surface area contributed by atoms with E-state index in [1.54, 1.807) is 0 Å². The van der Waals surface area contributed by atoms with Gasteiger partial charge in [0.25, 0.3) is 17.4 Å². The molecule has 2 aromatic carbocycles. The molecular weight excluding hydrogens is 614 g/mol. The predicted molar refractivity (Wildman–Crippen MR) is 137 cm³/mol. The van der Waals surface area contributed by atoms with E-state index in [0.29, 0.717) is 0 Å². The molecule has 0 aromatic heterocycles. The van der Waals surface area contributed by atoms with E-state index in [-0.39, 0.29) is 30.3 Å². The maximum absolute atomic E-state index is 11.7. The highest BCUT2D eigenvalue weighted by Gasteiger charge is 2.41. The van der Waals surface area contributed by atoms with Crippen LogP contribution in [0, 0.1) is 80.9 Å². The molecule has 0 amide bonds. The van der Waals surface area contributed by atoms with Gasteiger partial charge >= 0.3 is 28.4 Å². The molecule has 0 fully saturated rings. The molecule has 1 unspecified atom stereocenters. The van der Waals surface area contributed by atoms with Crippen molar-refractivity contribution in [3.05, 3.63) is 117 Å². The summed E-state index contributed by atoms with van der Waals surface area (Å²) in [6.07, 6.45) is 0.167. The molecule has 1 N–H and O–H groups in total. The number of benzene rings is 2. The molecule has 44 heavy (non-hydrogen) atoms. The van der Waals surface area contributed by atoms with Gasteiger partial charge in [-0.25, -0.2) is 9.98 Å². The number of nitrogens with one attached hydrogen (secondary N) is 1. The lowest BCUT2D eigenvalue weighted by atomic mass is 10.1. The number of aliphatic imine (C=N–C) groups is 2. The molecule has 1 aliphatic heterocycles. The molecule has 3 rings (SSSR count). The van der Waals surface area contributed by atoms with E-state index in [4.69, 9.17) is 0 Å². The second kappa shape index (κ2) is 11.6. The zero-order valence-corrected chi connectivity index (χ0v) is 20.5. The number of non-ortho nitro benzene ring substituents is 2. The number of nitro groups is 8. The number of rotatable bonds is 10. The number of amidine groups is 2. The first-order chi connectivity index (χ1) is 20.4. The van der Waals surface area contributed by atoms with Gasteiger partial charge in [0.05, 0.1) is 64.8 Å². The topological polar surface area (TPSA) is 382 Å². The van der Waals surface area contributed by atoms with Crippen molar-refractivity contribution in [1.29, 1.82) is 0 Å². The van der Waals surface area contributed by atoms with Crippen LogP contribution in [0.4, 0.5) is 45.5 Å². The van der Waals surface area contributed by atoms with Gasteiger partial charge in [0.15, 0.2) is 11.5 Å². The Labute approximate surface area is 235 Å². The lowest BCUT2D eigenvalue weighted by Gasteiger charge is -2.16. The third kappa shape index (κ3) is 5.98. The van der Waals surface area contributed by atoms with Gasteiger partial charge in [0, 0.05) is 4.92 Å². The maximum Gasteiger partial charge on any atom is 0.317 e. The largest absolute Gasteiger partial charge is 0.326 e. The van der Waals surface area contributed by atoms with Gasteiger partial charge in [-0.3, -0.25) is 80.9 Å². The average molecular weight is 621 g/mol. The van der Waals surface area contributed by atoms with Crippen LogP contribution in [0.5, 0.6) is 0 Å². The van der Waals surface area contributed by atoms with E-state index in [1.807, 2.05) is 5.32 Å². The van der Waals surface area contributed by atoms with E-state index in [2.05, 4.69) is 9.98 Å². The van der Waals surface area contributed by atoms with Gasteiger partial charge in [-0.05, 0) is 0 Å². The molecule has 0 spiro atoms. The van der Waals surface area contributed by atoms with Crippen LogP contribution in [0.15, 0.2) is 46.0 Å². The monoisotopic (exact) mass is 621 g/mol. The molecule has 2 aromatic rings. The number of anilines is 1. The first kappa shape index (κ1) is 31.1. The summed E-state index contributed by atoms with van der Waals surface area (Å²) in [6.45, 7) is 0. The van der Waals surface area contributed by atoms with E-state index in [1.165, 1.54) is 0 Å². The summed E-state index contributed by atoms with van der Waals surface area (Å²) in [7, 11) is 0. The van der Waals surface area contributed by atoms with Crippen LogP contribution >= 0.6 is 0 Å². The average Bonchev–Trinajstić information content (AvgIpc) is 2.91. The normalized spacial score (nSPS) is 15.0. The van der Waals surface area contributed by atoms with Crippen molar-refractivity contribution in [2.75, 3.05) is 5.32 Å². The predicted octanol–water partition coefficient (Wildman–Crippen LogP) is 2.50. The Balaban J connectivity index is 2.41. The smallest absolute Gasteiger partial charge is 0.317 e. The molecule has 0 saturated heterocycles. The van der Waals surface area contributed by atoms with Crippen molar-refractivity contribution < 1.29 is 39.4 Å². The Morgan fingerprint density at radius 1 is 0.591 bits per heavy atom. The molecule has 0 bridgehead atoms. The Bertz CT molecular complexity index is 1760. The summed E-state index contributed by atoms with van der Waals surface area (Å²) in [6, 6.07) is -1.59. The van der Waals surface area contributed by atoms with Gasteiger partial charge in [0.2, 0.25) is 11.5 Å². The van der Waals surface area contributed by atoms with E-state index in [0.717, 1.165) is 0 Å². The minimum absolute atomic E-state index is 0.167. The highest BCUT2D eigenvalue weighted by molar-refractivity contribution is 6.15. The molecule has 27 heteroatoms. The van der Waals surface area contributed by atoms with Crippen molar-refractivity contribution >= 4 is 57.2 Å². The molecule has 0 radical (unpaired) electrons. The van der Waals surface area contributed by atoms with Crippen molar-refractivity contribution in [3.8, 4) is 0 Å². The van der Waals surface area contributed by atoms with Crippen LogP contribution < -0.4 is 5.32 Å². The van der Waals surface area contributed by atoms with Crippen LogP contribution in [0.2, 0.25) is 0 Å². The minimum Gasteiger partial charge on any atom is -0.326 e. The summed E-state index contributed by atoms with van der Waals surface area (Å²) in [4.78, 5) is 88.3. The second-order valence-electron chi connectivity index (χ2n) is 7.83. The Kier molecular flexibility index (Phi) is 8.16. The third-order valence-electron chi connectivity index (χ3n) is 5.29. The van der Waals surface area contributed by atoms with Crippen molar-refractivity contribution in [3.63, 3.8) is 0 Å². The fraction of sp³-hybridized carbons (Fsp3) is 0.0588. The molecule has 226 valence electrons. The van der Waals surface area contributed by atoms with Crippen LogP contribution in [0.1, 0.15) is 0 Å². The number of nitrogens with zero attached hydrogens (tertiary/aromatic N) is 10. The van der Waals surface area contributed by atoms with E-state index in [9.17, 15) is 80.9 Å². The van der Waals surface area contributed by atoms with Crippen LogP contribution in [0.25, 0.3) is 0 Å². The van der Waals surface area contributed by atoms with Crippen molar-refractivity contribution in [1.82, 2.24) is 0 Å². The van der Waals surface area contributed by atoms with Crippen LogP contribution in [-0.4, -0.2) is 57.1 Å². The highest BCUT2D eigenvalue weighted by atomic mass is 16.7. The summed E-state index contributed by atoms with van der Waals surface area (Å²) < 4.78 is 0. The SMILES string of the molecule is O=[N+]([O-])C1=CC([N+](=O)[O-])C(Nc2c([N+](=O)[O-])cc([N+](=O)[O-])cc2[N+](=O)[O-])=NC1=Nc1c([N+](=O)[O-])cc([N+](=O)[O-])cc1[N+](=O)[O-]. The molecule has 1 aliphatic rings. The minimum atomic E-state index is -2.47. The number of hydrogen-bond donors (Lipinski definition) is 1. The van der Waals surface area contributed by atoms with E-state index >= 15 is 0 Å². The fourth-order valence-corrected chi connectivity index (χ4v) is 3.47. The molecule has 1 heterocycles. The Hall–Kier alpha value is -7.48. The molecule has 0 saturated carbocycles. The Morgan fingerprint density at radius 2 is 1.00 bits per heavy atom. The van der Waals surface area contributed by atoms with Gasteiger partial charge in [-0.15, -0.1) is 0 Å². The molecular formula is C17H7N11O16. The number of dihydropyridines is 1. The van der Waals surface area contributed by atoms with Gasteiger partial charge in [-0.2, -0.15) is 0 Å². The molecule has 27 nitrogen and oxygen atoms in total. The summed E-state index contributed by atoms with van der Waals surface area (Å²) >= 11 is 0. The first-order valence-electron chi connectivity index (χ1n) is 10.6. The molecule has 1 atom stereocenters. The summed E-state index contributed by atoms with van der Waals surface area (Å²) in [5.74, 6) is -2.59. The standard InChI is InChI=1S/C17H7N11O16/c29-21(30)6-1-8(23(33)34)14(9(2-6)24(35)36)18-16-12(27(41)42)5-13(28(43)44)17(20-16)19-15-10(25(37)38)3-7(22(31)32)4-11(15)26(39)40/h1-5,12H,(H,18,19,20). The van der Waals surface area contributed by atoms with Crippen LogP contribution in [-0.2, 0) is 0 Å². The van der Waals surface area contributed by atoms with Gasteiger partial charge in [0.1, 0.15) is 0 Å². The second-order valence-corrected chi connectivity index (χ2v) is 7.83. The number of hydrogen-bond acceptors (Lipinski definition) is 18. The lowest BCUT2D eigenvalue weighted by Crippen LogP contribution is -2.38. The summed E-state index contributed by atoms with van der Waals surface area (Å²) in [5, 5.41) is 93.9. The first-order valence-corrected chi connectivity index (χ1v) is 10.6. The van der Waals surface area contributed by atoms with E-state index < -0.39 is 108 Å². The van der Waals surface area contributed by atoms with Crippen LogP contribution in [0.3, 0.4) is 0 Å². The zero-order chi connectivity index (χ0) is 33.2. The van der Waals surface area contributed by atoms with Gasteiger partial charge < -0.3 is 5.32 Å². The zero-order valence-electron chi connectivity index (χ0n) is 20.5. The number of nitro benzene ring substituents is 6. The third-order valence-corrected chi connectivity index (χ3v) is 5.29. The van der Waals surface area contributed by atoms with Gasteiger partial charge in [-0.1, -0.05) is 0 Å². The fourth-order valence-electron chi connectivity index (χ4n) is 3.47.